The highest BCUT2D eigenvalue weighted by atomic mass is 14.3. The lowest BCUT2D eigenvalue weighted by Crippen LogP contribution is -2.23. The summed E-state index contributed by atoms with van der Waals surface area (Å²) in [5, 5.41) is 0. The minimum absolute atomic E-state index is 0.500. The molecule has 0 unspecified atom stereocenters. The van der Waals surface area contributed by atoms with Crippen molar-refractivity contribution >= 4 is 0 Å². The Morgan fingerprint density at radius 3 is 2.15 bits per heavy atom. The van der Waals surface area contributed by atoms with Crippen LogP contribution in [0.3, 0.4) is 0 Å². The molecule has 0 saturated heterocycles. The normalized spacial score (nSPS) is 24.2. The smallest absolute Gasteiger partial charge is 0.0314 e. The van der Waals surface area contributed by atoms with E-state index in [0.717, 1.165) is 5.92 Å². The zero-order valence-corrected chi connectivity index (χ0v) is 9.27. The van der Waals surface area contributed by atoms with Crippen molar-refractivity contribution in [3.63, 3.8) is 0 Å². The summed E-state index contributed by atoms with van der Waals surface area (Å²) in [6.45, 7) is 10.8. The molecular weight excluding hydrogens is 156 g/mol. The fourth-order valence-corrected chi connectivity index (χ4v) is 2.19. The Balaban J connectivity index is 2.48. The molecule has 0 radical (unpaired) electrons. The second-order valence-electron chi connectivity index (χ2n) is 5.20. The predicted octanol–water partition coefficient (Wildman–Crippen LogP) is 4.34. The van der Waals surface area contributed by atoms with Crippen molar-refractivity contribution < 1.29 is 0 Å². The lowest BCUT2D eigenvalue weighted by molar-refractivity contribution is 0.197. The summed E-state index contributed by atoms with van der Waals surface area (Å²) in [6, 6.07) is 0. The topological polar surface area (TPSA) is 0 Å². The van der Waals surface area contributed by atoms with Crippen LogP contribution in [-0.4, -0.2) is 0 Å². The van der Waals surface area contributed by atoms with E-state index in [2.05, 4.69) is 33.4 Å². The Morgan fingerprint density at radius 1 is 1.23 bits per heavy atom. The zero-order chi connectivity index (χ0) is 9.90. The second-order valence-corrected chi connectivity index (χ2v) is 5.20. The van der Waals surface area contributed by atoms with Crippen molar-refractivity contribution in [3.05, 3.63) is 24.3 Å². The molecule has 0 heteroatoms. The first-order valence-corrected chi connectivity index (χ1v) is 5.34. The van der Waals surface area contributed by atoms with Crippen LogP contribution in [0.25, 0.3) is 0 Å². The third-order valence-electron chi connectivity index (χ3n) is 3.21. The van der Waals surface area contributed by atoms with Crippen molar-refractivity contribution in [2.24, 2.45) is 11.3 Å². The van der Waals surface area contributed by atoms with E-state index >= 15 is 0 Å². The van der Waals surface area contributed by atoms with E-state index in [1.54, 1.807) is 5.57 Å². The Kier molecular flexibility index (Phi) is 3.35. The number of rotatable bonds is 1. The molecule has 0 aromatic rings. The summed E-state index contributed by atoms with van der Waals surface area (Å²) in [5.74, 6) is 0.912. The Bertz CT molecular complexity index is 193. The van der Waals surface area contributed by atoms with Crippen molar-refractivity contribution in [1.29, 1.82) is 0 Å². The first-order chi connectivity index (χ1) is 6.04. The lowest BCUT2D eigenvalue weighted by atomic mass is 9.71. The Morgan fingerprint density at radius 2 is 1.77 bits per heavy atom. The Hall–Kier alpha value is -0.520. The van der Waals surface area contributed by atoms with Crippen LogP contribution in [0.4, 0.5) is 0 Å². The van der Waals surface area contributed by atoms with Gasteiger partial charge >= 0.3 is 0 Å². The first-order valence-electron chi connectivity index (χ1n) is 5.34. The summed E-state index contributed by atoms with van der Waals surface area (Å²) >= 11 is 0. The van der Waals surface area contributed by atoms with Gasteiger partial charge in [0, 0.05) is 0 Å². The molecule has 1 aliphatic rings. The van der Waals surface area contributed by atoms with E-state index in [0.29, 0.717) is 5.41 Å². The average molecular weight is 178 g/mol. The third kappa shape index (κ3) is 3.02. The molecule has 13 heavy (non-hydrogen) atoms. The molecule has 0 nitrogen and oxygen atoms in total. The van der Waals surface area contributed by atoms with Gasteiger partial charge < -0.3 is 0 Å². The summed E-state index contributed by atoms with van der Waals surface area (Å²) in [5.41, 5.74) is 2.09. The fourth-order valence-electron chi connectivity index (χ4n) is 2.19. The minimum Gasteiger partial charge on any atom is -0.0991 e. The highest BCUT2D eigenvalue weighted by Crippen LogP contribution is 2.39. The minimum atomic E-state index is 0.500. The summed E-state index contributed by atoms with van der Waals surface area (Å²) in [6.07, 6.45) is 9.42. The first kappa shape index (κ1) is 10.6. The maximum atomic E-state index is 3.75. The van der Waals surface area contributed by atoms with Gasteiger partial charge in [0.2, 0.25) is 0 Å². The van der Waals surface area contributed by atoms with Crippen LogP contribution >= 0.6 is 0 Å². The van der Waals surface area contributed by atoms with Gasteiger partial charge in [-0.2, -0.15) is 0 Å². The van der Waals surface area contributed by atoms with Crippen LogP contribution in [-0.2, 0) is 0 Å². The molecule has 0 spiro atoms. The van der Waals surface area contributed by atoms with Crippen LogP contribution in [0.15, 0.2) is 24.3 Å². The quantitative estimate of drug-likeness (QED) is 0.560. The molecule has 0 atom stereocenters. The molecule has 0 aromatic heterocycles. The van der Waals surface area contributed by atoms with Crippen LogP contribution in [0.1, 0.15) is 46.5 Å². The van der Waals surface area contributed by atoms with Crippen LogP contribution in [0.5, 0.6) is 0 Å². The molecular formula is C13H22. The van der Waals surface area contributed by atoms with Crippen LogP contribution in [0, 0.1) is 11.3 Å². The summed E-state index contributed by atoms with van der Waals surface area (Å²) < 4.78 is 0. The number of hydrogen-bond acceptors (Lipinski definition) is 0. The van der Waals surface area contributed by atoms with Gasteiger partial charge in [-0.15, -0.1) is 0 Å². The van der Waals surface area contributed by atoms with E-state index in [9.17, 15) is 0 Å². The van der Waals surface area contributed by atoms with E-state index in [1.165, 1.54) is 25.7 Å². The molecule has 1 fully saturated rings. The van der Waals surface area contributed by atoms with Crippen molar-refractivity contribution in [2.75, 3.05) is 0 Å². The number of hydrogen-bond donors (Lipinski definition) is 0. The average Bonchev–Trinajstić information content (AvgIpc) is 2.04. The van der Waals surface area contributed by atoms with Gasteiger partial charge in [0.15, 0.2) is 0 Å². The standard InChI is InChI=1S/C13H22/c1-5-6-11-7-9-12(10-8-11)13(2,3)4/h5-6,12H,1,7-10H2,2-4H3. The maximum Gasteiger partial charge on any atom is -0.0314 e. The molecule has 1 rings (SSSR count). The summed E-state index contributed by atoms with van der Waals surface area (Å²) in [4.78, 5) is 0. The third-order valence-corrected chi connectivity index (χ3v) is 3.21. The molecule has 0 aromatic carbocycles. The van der Waals surface area contributed by atoms with E-state index < -0.39 is 0 Å². The van der Waals surface area contributed by atoms with Crippen molar-refractivity contribution in [1.82, 2.24) is 0 Å². The molecule has 1 saturated carbocycles. The molecule has 1 aliphatic carbocycles. The Labute approximate surface area is 82.7 Å². The van der Waals surface area contributed by atoms with Gasteiger partial charge in [0.1, 0.15) is 0 Å². The maximum absolute atomic E-state index is 3.75. The van der Waals surface area contributed by atoms with Crippen LogP contribution in [0.2, 0.25) is 0 Å². The van der Waals surface area contributed by atoms with Crippen molar-refractivity contribution in [3.8, 4) is 0 Å². The monoisotopic (exact) mass is 178 g/mol. The van der Waals surface area contributed by atoms with Gasteiger partial charge in [-0.1, -0.05) is 45.1 Å². The molecule has 0 aliphatic heterocycles. The van der Waals surface area contributed by atoms with Gasteiger partial charge in [-0.25, -0.2) is 0 Å². The van der Waals surface area contributed by atoms with Crippen LogP contribution < -0.4 is 0 Å². The van der Waals surface area contributed by atoms with Gasteiger partial charge in [-0.05, 0) is 37.0 Å². The van der Waals surface area contributed by atoms with E-state index in [4.69, 9.17) is 0 Å². The SMILES string of the molecule is C=CC=C1CCC(C(C)(C)C)CC1. The molecule has 74 valence electrons. The number of allylic oxidation sites excluding steroid dienone is 3. The van der Waals surface area contributed by atoms with Gasteiger partial charge in [-0.3, -0.25) is 0 Å². The predicted molar refractivity (Wildman–Crippen MR) is 59.7 cm³/mol. The highest BCUT2D eigenvalue weighted by molar-refractivity contribution is 5.12. The molecule has 0 N–H and O–H groups in total. The molecule has 0 bridgehead atoms. The molecule has 0 amide bonds. The van der Waals surface area contributed by atoms with Gasteiger partial charge in [0.25, 0.3) is 0 Å². The van der Waals surface area contributed by atoms with E-state index in [-0.39, 0.29) is 0 Å². The van der Waals surface area contributed by atoms with E-state index in [1.807, 2.05) is 6.08 Å². The zero-order valence-electron chi connectivity index (χ0n) is 9.27. The largest absolute Gasteiger partial charge is 0.0991 e. The molecule has 0 heterocycles. The fraction of sp³-hybridized carbons (Fsp3) is 0.692. The van der Waals surface area contributed by atoms with Gasteiger partial charge in [0.05, 0.1) is 0 Å². The van der Waals surface area contributed by atoms with Crippen molar-refractivity contribution in [2.45, 2.75) is 46.5 Å². The lowest BCUT2D eigenvalue weighted by Gasteiger charge is -2.34. The highest BCUT2D eigenvalue weighted by Gasteiger charge is 2.26. The second kappa shape index (κ2) is 4.13. The summed E-state index contributed by atoms with van der Waals surface area (Å²) in [7, 11) is 0.